The van der Waals surface area contributed by atoms with Crippen molar-refractivity contribution in [3.8, 4) is 17.0 Å². The molecule has 9 heteroatoms. The topological polar surface area (TPSA) is 62.4 Å². The number of halogens is 3. The maximum absolute atomic E-state index is 12.3. The van der Waals surface area contributed by atoms with E-state index in [1.165, 1.54) is 12.1 Å². The van der Waals surface area contributed by atoms with Gasteiger partial charge in [0.25, 0.3) is 0 Å². The van der Waals surface area contributed by atoms with Gasteiger partial charge < -0.3 is 19.8 Å². The highest BCUT2D eigenvalue weighted by molar-refractivity contribution is 5.59. The first-order chi connectivity index (χ1) is 13.5. The van der Waals surface area contributed by atoms with Crippen LogP contribution in [0.3, 0.4) is 0 Å². The molecule has 152 valence electrons. The Labute approximate surface area is 161 Å². The second kappa shape index (κ2) is 8.10. The number of ether oxygens (including phenoxy) is 2. The number of aromatic nitrogens is 2. The Kier molecular flexibility index (Phi) is 5.56. The van der Waals surface area contributed by atoms with Gasteiger partial charge >= 0.3 is 6.36 Å². The smallest absolute Gasteiger partial charge is 0.406 e. The fourth-order valence-electron chi connectivity index (χ4n) is 3.92. The summed E-state index contributed by atoms with van der Waals surface area (Å²) >= 11 is 0. The molecule has 2 N–H and O–H groups in total. The number of rotatable bonds is 4. The lowest BCUT2D eigenvalue weighted by atomic mass is 10.0. The summed E-state index contributed by atoms with van der Waals surface area (Å²) in [5, 5.41) is 3.39. The van der Waals surface area contributed by atoms with Gasteiger partial charge in [-0.05, 0) is 55.8 Å². The van der Waals surface area contributed by atoms with Crippen LogP contribution in [0.5, 0.6) is 5.75 Å². The summed E-state index contributed by atoms with van der Waals surface area (Å²) in [5.41, 5.74) is 1.50. The zero-order valence-corrected chi connectivity index (χ0v) is 15.3. The molecular formula is C19H23F3N4O2. The molecule has 1 aromatic heterocycles. The van der Waals surface area contributed by atoms with Gasteiger partial charge in [0.15, 0.2) is 0 Å². The number of H-pyrrole nitrogens is 1. The molecule has 2 aliphatic heterocycles. The number of alkyl halides is 3. The first-order valence-electron chi connectivity index (χ1n) is 9.45. The Morgan fingerprint density at radius 1 is 1.14 bits per heavy atom. The molecule has 2 fully saturated rings. The van der Waals surface area contributed by atoms with Crippen molar-refractivity contribution in [2.24, 2.45) is 0 Å². The Morgan fingerprint density at radius 2 is 1.89 bits per heavy atom. The quantitative estimate of drug-likeness (QED) is 0.832. The van der Waals surface area contributed by atoms with Crippen molar-refractivity contribution >= 4 is 0 Å². The molecule has 2 aliphatic rings. The largest absolute Gasteiger partial charge is 0.573 e. The van der Waals surface area contributed by atoms with Crippen molar-refractivity contribution in [1.82, 2.24) is 20.2 Å². The minimum absolute atomic E-state index is 0.0541. The second-order valence-electron chi connectivity index (χ2n) is 7.06. The zero-order chi connectivity index (χ0) is 19.6. The third-order valence-corrected chi connectivity index (χ3v) is 5.26. The Hall–Kier alpha value is -2.10. The SMILES string of the molecule is FC(F)(F)Oc1ccc(-c2cnc(C3COCCN3C3CCNCC3)[nH]2)cc1. The number of piperidine rings is 1. The van der Waals surface area contributed by atoms with Crippen molar-refractivity contribution in [2.45, 2.75) is 31.3 Å². The van der Waals surface area contributed by atoms with Crippen molar-refractivity contribution < 1.29 is 22.6 Å². The molecule has 0 aliphatic carbocycles. The molecule has 0 bridgehead atoms. The molecule has 6 nitrogen and oxygen atoms in total. The van der Waals surface area contributed by atoms with E-state index in [1.807, 2.05) is 0 Å². The molecule has 4 rings (SSSR count). The second-order valence-corrected chi connectivity index (χ2v) is 7.06. The van der Waals surface area contributed by atoms with Gasteiger partial charge in [-0.1, -0.05) is 0 Å². The maximum atomic E-state index is 12.3. The molecule has 0 radical (unpaired) electrons. The van der Waals surface area contributed by atoms with Gasteiger partial charge in [0.1, 0.15) is 11.6 Å². The highest BCUT2D eigenvalue weighted by Gasteiger charge is 2.33. The number of nitrogens with zero attached hydrogens (tertiary/aromatic N) is 2. The average Bonchev–Trinajstić information content (AvgIpc) is 3.18. The molecule has 1 unspecified atom stereocenters. The first-order valence-corrected chi connectivity index (χ1v) is 9.45. The summed E-state index contributed by atoms with van der Waals surface area (Å²) in [6.07, 6.45) is -0.776. The number of benzene rings is 1. The monoisotopic (exact) mass is 396 g/mol. The number of aromatic amines is 1. The number of nitrogens with one attached hydrogen (secondary N) is 2. The summed E-state index contributed by atoms with van der Waals surface area (Å²) in [4.78, 5) is 10.3. The van der Waals surface area contributed by atoms with Crippen molar-refractivity contribution in [3.05, 3.63) is 36.3 Å². The minimum atomic E-state index is -4.69. The van der Waals surface area contributed by atoms with Crippen LogP contribution in [-0.2, 0) is 4.74 Å². The van der Waals surface area contributed by atoms with Gasteiger partial charge in [-0.3, -0.25) is 4.90 Å². The summed E-state index contributed by atoms with van der Waals surface area (Å²) < 4.78 is 46.5. The maximum Gasteiger partial charge on any atom is 0.573 e. The lowest BCUT2D eigenvalue weighted by Gasteiger charge is -2.41. The van der Waals surface area contributed by atoms with Crippen LogP contribution in [0.15, 0.2) is 30.5 Å². The van der Waals surface area contributed by atoms with Gasteiger partial charge in [0.05, 0.1) is 31.1 Å². The van der Waals surface area contributed by atoms with Crippen molar-refractivity contribution in [3.63, 3.8) is 0 Å². The number of imidazole rings is 1. The van der Waals surface area contributed by atoms with E-state index < -0.39 is 6.36 Å². The number of hydrogen-bond donors (Lipinski definition) is 2. The number of hydrogen-bond acceptors (Lipinski definition) is 5. The molecule has 1 atom stereocenters. The molecule has 2 aromatic rings. The van der Waals surface area contributed by atoms with Crippen molar-refractivity contribution in [2.75, 3.05) is 32.8 Å². The van der Waals surface area contributed by atoms with Crippen LogP contribution in [0.1, 0.15) is 24.7 Å². The van der Waals surface area contributed by atoms with E-state index in [0.29, 0.717) is 19.3 Å². The van der Waals surface area contributed by atoms with E-state index >= 15 is 0 Å². The third kappa shape index (κ3) is 4.48. The fourth-order valence-corrected chi connectivity index (χ4v) is 3.92. The Balaban J connectivity index is 1.49. The van der Waals surface area contributed by atoms with Gasteiger partial charge in [-0.2, -0.15) is 0 Å². The van der Waals surface area contributed by atoms with Gasteiger partial charge in [0, 0.05) is 12.6 Å². The van der Waals surface area contributed by atoms with Gasteiger partial charge in [0.2, 0.25) is 0 Å². The van der Waals surface area contributed by atoms with Crippen LogP contribution in [0.4, 0.5) is 13.2 Å². The van der Waals surface area contributed by atoms with E-state index in [0.717, 1.165) is 49.6 Å². The molecule has 3 heterocycles. The summed E-state index contributed by atoms with van der Waals surface area (Å²) in [5.74, 6) is 0.581. The van der Waals surface area contributed by atoms with Crippen LogP contribution >= 0.6 is 0 Å². The van der Waals surface area contributed by atoms with Gasteiger partial charge in [-0.25, -0.2) is 4.98 Å². The van der Waals surface area contributed by atoms with Gasteiger partial charge in [-0.15, -0.1) is 13.2 Å². The molecule has 2 saturated heterocycles. The fraction of sp³-hybridized carbons (Fsp3) is 0.526. The molecule has 0 spiro atoms. The van der Waals surface area contributed by atoms with Crippen LogP contribution in [0.2, 0.25) is 0 Å². The molecule has 28 heavy (non-hydrogen) atoms. The highest BCUT2D eigenvalue weighted by atomic mass is 19.4. The lowest BCUT2D eigenvalue weighted by molar-refractivity contribution is -0.274. The normalized spacial score (nSPS) is 22.3. The van der Waals surface area contributed by atoms with Crippen LogP contribution in [0.25, 0.3) is 11.3 Å². The molecule has 0 amide bonds. The van der Waals surface area contributed by atoms with E-state index in [9.17, 15) is 13.2 Å². The summed E-state index contributed by atoms with van der Waals surface area (Å²) in [7, 11) is 0. The standard InChI is InChI=1S/C19H23F3N4O2/c20-19(21,22)28-15-3-1-13(2-4-15)16-11-24-18(25-16)17-12-27-10-9-26(17)14-5-7-23-8-6-14/h1-4,11,14,17,23H,5-10,12H2,(H,24,25). The van der Waals surface area contributed by atoms with Crippen molar-refractivity contribution in [1.29, 1.82) is 0 Å². The summed E-state index contributed by atoms with van der Waals surface area (Å²) in [6, 6.07) is 6.32. The van der Waals surface area contributed by atoms with E-state index in [1.54, 1.807) is 18.3 Å². The predicted molar refractivity (Wildman–Crippen MR) is 96.9 cm³/mol. The first kappa shape index (κ1) is 19.2. The number of morpholine rings is 1. The van der Waals surface area contributed by atoms with E-state index in [-0.39, 0.29) is 11.8 Å². The average molecular weight is 396 g/mol. The van der Waals surface area contributed by atoms with Crippen LogP contribution < -0.4 is 10.1 Å². The molecular weight excluding hydrogens is 373 g/mol. The molecule has 0 saturated carbocycles. The lowest BCUT2D eigenvalue weighted by Crippen LogP contribution is -2.49. The zero-order valence-electron chi connectivity index (χ0n) is 15.3. The van der Waals surface area contributed by atoms with E-state index in [4.69, 9.17) is 4.74 Å². The Bertz CT molecular complexity index is 772. The van der Waals surface area contributed by atoms with E-state index in [2.05, 4.69) is 24.9 Å². The third-order valence-electron chi connectivity index (χ3n) is 5.26. The Morgan fingerprint density at radius 3 is 2.61 bits per heavy atom. The van der Waals surface area contributed by atoms with Crippen LogP contribution in [-0.4, -0.2) is 60.1 Å². The summed E-state index contributed by atoms with van der Waals surface area (Å²) in [6.45, 7) is 4.20. The predicted octanol–water partition coefficient (Wildman–Crippen LogP) is 3.10. The minimum Gasteiger partial charge on any atom is -0.406 e. The van der Waals surface area contributed by atoms with Crippen LogP contribution in [0, 0.1) is 0 Å². The highest BCUT2D eigenvalue weighted by Crippen LogP contribution is 2.30. The molecule has 1 aromatic carbocycles.